The average Bonchev–Trinajstić information content (AvgIpc) is 2.38. The zero-order valence-corrected chi connectivity index (χ0v) is 12.7. The van der Waals surface area contributed by atoms with Gasteiger partial charge in [0, 0.05) is 6.61 Å². The molecule has 0 amide bonds. The van der Waals surface area contributed by atoms with Gasteiger partial charge in [-0.25, -0.2) is 0 Å². The molecule has 0 saturated heterocycles. The van der Waals surface area contributed by atoms with E-state index in [-0.39, 0.29) is 11.9 Å². The van der Waals surface area contributed by atoms with E-state index in [1.807, 2.05) is 19.1 Å². The molecule has 4 heteroatoms. The fraction of sp³-hybridized carbons (Fsp3) is 0.800. The van der Waals surface area contributed by atoms with Gasteiger partial charge in [-0.3, -0.25) is 4.79 Å². The number of ether oxygens (including phenoxy) is 3. The highest BCUT2D eigenvalue weighted by Gasteiger charge is 2.10. The van der Waals surface area contributed by atoms with Crippen LogP contribution < -0.4 is 0 Å². The van der Waals surface area contributed by atoms with Crippen LogP contribution in [0.25, 0.3) is 0 Å². The highest BCUT2D eigenvalue weighted by molar-refractivity contribution is 5.73. The molecule has 0 heterocycles. The predicted molar refractivity (Wildman–Crippen MR) is 76.0 cm³/mol. The summed E-state index contributed by atoms with van der Waals surface area (Å²) < 4.78 is 15.7. The van der Waals surface area contributed by atoms with Crippen molar-refractivity contribution >= 4 is 5.97 Å². The molecule has 1 atom stereocenters. The van der Waals surface area contributed by atoms with E-state index in [2.05, 4.69) is 20.8 Å². The van der Waals surface area contributed by atoms with Crippen LogP contribution in [0.3, 0.4) is 0 Å². The Labute approximate surface area is 117 Å². The number of allylic oxidation sites excluding steroid dienone is 1. The third kappa shape index (κ3) is 11.9. The van der Waals surface area contributed by atoms with Crippen LogP contribution in [0.15, 0.2) is 12.2 Å². The van der Waals surface area contributed by atoms with Crippen LogP contribution in [0.2, 0.25) is 0 Å². The SMILES string of the molecule is CCCOCCOCCOC(=O)C(C)/C=C\C(C)C. The van der Waals surface area contributed by atoms with E-state index in [0.29, 0.717) is 32.3 Å². The van der Waals surface area contributed by atoms with Gasteiger partial charge in [0.1, 0.15) is 6.61 Å². The van der Waals surface area contributed by atoms with E-state index in [4.69, 9.17) is 14.2 Å². The lowest BCUT2D eigenvalue weighted by atomic mass is 10.1. The van der Waals surface area contributed by atoms with Crippen molar-refractivity contribution in [1.29, 1.82) is 0 Å². The molecule has 0 N–H and O–H groups in total. The van der Waals surface area contributed by atoms with Crippen molar-refractivity contribution in [2.75, 3.05) is 33.0 Å². The molecule has 0 aliphatic rings. The molecule has 0 aliphatic heterocycles. The number of esters is 1. The quantitative estimate of drug-likeness (QED) is 0.329. The molecular weight excluding hydrogens is 244 g/mol. The zero-order chi connectivity index (χ0) is 14.5. The van der Waals surface area contributed by atoms with Gasteiger partial charge in [-0.1, -0.05) is 32.9 Å². The normalized spacial score (nSPS) is 13.1. The summed E-state index contributed by atoms with van der Waals surface area (Å²) in [5, 5.41) is 0. The van der Waals surface area contributed by atoms with Crippen molar-refractivity contribution in [2.24, 2.45) is 11.8 Å². The Kier molecular flexibility index (Phi) is 11.6. The van der Waals surface area contributed by atoms with Gasteiger partial charge in [-0.2, -0.15) is 0 Å². The molecule has 0 fully saturated rings. The maximum absolute atomic E-state index is 11.6. The molecular formula is C15H28O4. The maximum Gasteiger partial charge on any atom is 0.312 e. The van der Waals surface area contributed by atoms with E-state index in [0.717, 1.165) is 13.0 Å². The summed E-state index contributed by atoms with van der Waals surface area (Å²) in [6.45, 7) is 10.7. The predicted octanol–water partition coefficient (Wildman–Crippen LogP) is 2.82. The van der Waals surface area contributed by atoms with Crippen molar-refractivity contribution in [2.45, 2.75) is 34.1 Å². The Bertz CT molecular complexity index is 249. The van der Waals surface area contributed by atoms with E-state index in [1.165, 1.54) is 0 Å². The number of rotatable bonds is 11. The minimum atomic E-state index is -0.206. The van der Waals surface area contributed by atoms with Crippen LogP contribution in [-0.2, 0) is 19.0 Å². The Morgan fingerprint density at radius 2 is 1.53 bits per heavy atom. The Morgan fingerprint density at radius 1 is 0.947 bits per heavy atom. The minimum absolute atomic E-state index is 0.199. The summed E-state index contributed by atoms with van der Waals surface area (Å²) in [5.74, 6) is 0.0414. The van der Waals surface area contributed by atoms with Gasteiger partial charge in [0.15, 0.2) is 0 Å². The van der Waals surface area contributed by atoms with Gasteiger partial charge in [-0.15, -0.1) is 0 Å². The fourth-order valence-electron chi connectivity index (χ4n) is 1.27. The second-order valence-corrected chi connectivity index (χ2v) is 4.81. The van der Waals surface area contributed by atoms with Crippen molar-refractivity contribution in [3.05, 3.63) is 12.2 Å². The standard InChI is InChI=1S/C15H28O4/c1-5-8-17-9-10-18-11-12-19-15(16)14(4)7-6-13(2)3/h6-7,13-14H,5,8-12H2,1-4H3/b7-6-. The smallest absolute Gasteiger partial charge is 0.312 e. The second kappa shape index (κ2) is 12.2. The first-order valence-electron chi connectivity index (χ1n) is 7.08. The average molecular weight is 272 g/mol. The number of hydrogen-bond donors (Lipinski definition) is 0. The molecule has 0 spiro atoms. The molecule has 0 aromatic heterocycles. The van der Waals surface area contributed by atoms with Gasteiger partial charge in [0.25, 0.3) is 0 Å². The lowest BCUT2D eigenvalue weighted by Crippen LogP contribution is -2.17. The Balaban J connectivity index is 3.47. The lowest BCUT2D eigenvalue weighted by Gasteiger charge is -2.09. The molecule has 112 valence electrons. The zero-order valence-electron chi connectivity index (χ0n) is 12.7. The Morgan fingerprint density at radius 3 is 2.11 bits per heavy atom. The molecule has 1 unspecified atom stereocenters. The molecule has 0 rings (SSSR count). The molecule has 0 saturated carbocycles. The van der Waals surface area contributed by atoms with Crippen LogP contribution >= 0.6 is 0 Å². The van der Waals surface area contributed by atoms with E-state index < -0.39 is 0 Å². The first kappa shape index (κ1) is 18.1. The summed E-state index contributed by atoms with van der Waals surface area (Å²) in [6, 6.07) is 0. The lowest BCUT2D eigenvalue weighted by molar-refractivity contribution is -0.148. The molecule has 0 aromatic carbocycles. The van der Waals surface area contributed by atoms with E-state index in [1.54, 1.807) is 0 Å². The number of carbonyl (C=O) groups is 1. The highest BCUT2D eigenvalue weighted by Crippen LogP contribution is 2.04. The molecule has 19 heavy (non-hydrogen) atoms. The van der Waals surface area contributed by atoms with Crippen LogP contribution in [0, 0.1) is 11.8 Å². The van der Waals surface area contributed by atoms with Gasteiger partial charge >= 0.3 is 5.97 Å². The third-order valence-electron chi connectivity index (χ3n) is 2.35. The van der Waals surface area contributed by atoms with Crippen molar-refractivity contribution < 1.29 is 19.0 Å². The topological polar surface area (TPSA) is 44.8 Å². The number of hydrogen-bond acceptors (Lipinski definition) is 4. The van der Waals surface area contributed by atoms with Gasteiger partial charge in [0.2, 0.25) is 0 Å². The summed E-state index contributed by atoms with van der Waals surface area (Å²) >= 11 is 0. The van der Waals surface area contributed by atoms with Crippen LogP contribution in [0.4, 0.5) is 0 Å². The van der Waals surface area contributed by atoms with Crippen molar-refractivity contribution in [3.8, 4) is 0 Å². The Hall–Kier alpha value is -0.870. The highest BCUT2D eigenvalue weighted by atomic mass is 16.6. The van der Waals surface area contributed by atoms with Crippen LogP contribution in [0.1, 0.15) is 34.1 Å². The van der Waals surface area contributed by atoms with E-state index in [9.17, 15) is 4.79 Å². The minimum Gasteiger partial charge on any atom is -0.463 e. The molecule has 0 aliphatic carbocycles. The molecule has 0 bridgehead atoms. The van der Waals surface area contributed by atoms with Crippen LogP contribution in [-0.4, -0.2) is 39.0 Å². The van der Waals surface area contributed by atoms with Gasteiger partial charge in [-0.05, 0) is 19.3 Å². The summed E-state index contributed by atoms with van der Waals surface area (Å²) in [7, 11) is 0. The monoisotopic (exact) mass is 272 g/mol. The maximum atomic E-state index is 11.6. The third-order valence-corrected chi connectivity index (χ3v) is 2.35. The van der Waals surface area contributed by atoms with Gasteiger partial charge < -0.3 is 14.2 Å². The van der Waals surface area contributed by atoms with Crippen LogP contribution in [0.5, 0.6) is 0 Å². The van der Waals surface area contributed by atoms with Crippen molar-refractivity contribution in [1.82, 2.24) is 0 Å². The first-order valence-corrected chi connectivity index (χ1v) is 7.08. The first-order chi connectivity index (χ1) is 9.07. The fourth-order valence-corrected chi connectivity index (χ4v) is 1.27. The number of carbonyl (C=O) groups excluding carboxylic acids is 1. The second-order valence-electron chi connectivity index (χ2n) is 4.81. The largest absolute Gasteiger partial charge is 0.463 e. The molecule has 0 aromatic rings. The molecule has 0 radical (unpaired) electrons. The molecule has 4 nitrogen and oxygen atoms in total. The summed E-state index contributed by atoms with van der Waals surface area (Å²) in [5.41, 5.74) is 0. The summed E-state index contributed by atoms with van der Waals surface area (Å²) in [4.78, 5) is 11.6. The van der Waals surface area contributed by atoms with E-state index >= 15 is 0 Å². The van der Waals surface area contributed by atoms with Gasteiger partial charge in [0.05, 0.1) is 25.7 Å². The van der Waals surface area contributed by atoms with Crippen molar-refractivity contribution in [3.63, 3.8) is 0 Å². The summed E-state index contributed by atoms with van der Waals surface area (Å²) in [6.07, 6.45) is 4.90.